The Kier molecular flexibility index (Phi) is 7.79. The van der Waals surface area contributed by atoms with Gasteiger partial charge in [-0.1, -0.05) is 64.5 Å². The molecule has 0 radical (unpaired) electrons. The van der Waals surface area contributed by atoms with E-state index in [2.05, 4.69) is 38.7 Å². The quantitative estimate of drug-likeness (QED) is 0.342. The van der Waals surface area contributed by atoms with Crippen LogP contribution in [0.1, 0.15) is 27.4 Å². The van der Waals surface area contributed by atoms with E-state index in [1.54, 1.807) is 6.07 Å². The minimum Gasteiger partial charge on any atom is -0.478 e. The van der Waals surface area contributed by atoms with E-state index < -0.39 is 18.0 Å². The monoisotopic (exact) mass is 538 g/mol. The van der Waals surface area contributed by atoms with Gasteiger partial charge in [0.05, 0.1) is 17.9 Å². The number of carboxylic acid groups (broad SMARTS) is 1. The Morgan fingerprint density at radius 3 is 2.26 bits per heavy atom. The van der Waals surface area contributed by atoms with Crippen LogP contribution in [0.5, 0.6) is 0 Å². The number of benzene rings is 3. The molecule has 0 fully saturated rings. The number of carboxylic acids is 1. The number of ether oxygens (including phenoxy) is 2. The maximum Gasteiger partial charge on any atom is 0.407 e. The van der Waals surface area contributed by atoms with Crippen molar-refractivity contribution >= 4 is 39.6 Å². The third-order valence-electron chi connectivity index (χ3n) is 5.58. The van der Waals surface area contributed by atoms with E-state index in [1.807, 2.05) is 36.4 Å². The molecule has 3 aromatic rings. The number of aromatic carboxylic acids is 1. The first-order chi connectivity index (χ1) is 16.9. The van der Waals surface area contributed by atoms with Gasteiger partial charge < -0.3 is 25.2 Å². The topological polar surface area (TPSA) is 114 Å². The lowest BCUT2D eigenvalue weighted by atomic mass is 9.98. The van der Waals surface area contributed by atoms with Crippen molar-refractivity contribution < 1.29 is 29.0 Å². The van der Waals surface area contributed by atoms with Crippen molar-refractivity contribution in [1.29, 1.82) is 0 Å². The Hall–Kier alpha value is -3.69. The number of hydrogen-bond donors (Lipinski definition) is 3. The number of hydrogen-bond acceptors (Lipinski definition) is 5. The summed E-state index contributed by atoms with van der Waals surface area (Å²) in [6.45, 7) is 0.163. The van der Waals surface area contributed by atoms with Gasteiger partial charge in [-0.15, -0.1) is 0 Å². The Morgan fingerprint density at radius 1 is 0.943 bits per heavy atom. The van der Waals surface area contributed by atoms with Crippen LogP contribution in [0.25, 0.3) is 11.1 Å². The number of anilines is 1. The van der Waals surface area contributed by atoms with E-state index in [4.69, 9.17) is 9.47 Å². The zero-order chi connectivity index (χ0) is 24.8. The maximum atomic E-state index is 12.2. The summed E-state index contributed by atoms with van der Waals surface area (Å²) >= 11 is 3.20. The molecule has 180 valence electrons. The smallest absolute Gasteiger partial charge is 0.407 e. The maximum absolute atomic E-state index is 12.2. The van der Waals surface area contributed by atoms with Crippen molar-refractivity contribution in [3.63, 3.8) is 0 Å². The molecule has 0 saturated heterocycles. The predicted octanol–water partition coefficient (Wildman–Crippen LogP) is 4.64. The van der Waals surface area contributed by atoms with Crippen molar-refractivity contribution in [3.05, 3.63) is 87.9 Å². The largest absolute Gasteiger partial charge is 0.478 e. The van der Waals surface area contributed by atoms with Gasteiger partial charge in [0.2, 0.25) is 5.91 Å². The average molecular weight is 539 g/mol. The van der Waals surface area contributed by atoms with E-state index in [1.165, 1.54) is 12.1 Å². The number of halogens is 1. The first kappa shape index (κ1) is 24.4. The molecule has 9 heteroatoms. The standard InChI is InChI=1S/C26H23BrN2O6/c27-16-9-10-23(21(13-16)25(31)32)29-24(30)15-34-12-11-28-26(33)35-14-22-19-7-3-1-5-17(19)18-6-2-4-8-20(18)22/h1-10,13,22H,11-12,14-15H2,(H,28,33)(H,29,30)(H,31,32). The fourth-order valence-corrected chi connectivity index (χ4v) is 4.39. The van der Waals surface area contributed by atoms with Crippen LogP contribution in [0.2, 0.25) is 0 Å². The Balaban J connectivity index is 1.19. The zero-order valence-electron chi connectivity index (χ0n) is 18.6. The molecule has 0 atom stereocenters. The highest BCUT2D eigenvalue weighted by Crippen LogP contribution is 2.44. The Morgan fingerprint density at radius 2 is 1.60 bits per heavy atom. The molecule has 0 spiro atoms. The van der Waals surface area contributed by atoms with Gasteiger partial charge in [0.1, 0.15) is 13.2 Å². The number of carbonyl (C=O) groups is 3. The fourth-order valence-electron chi connectivity index (χ4n) is 4.03. The SMILES string of the molecule is O=C(COCCNC(=O)OCC1c2ccccc2-c2ccccc21)Nc1ccc(Br)cc1C(=O)O. The van der Waals surface area contributed by atoms with E-state index >= 15 is 0 Å². The number of carbonyl (C=O) groups excluding carboxylic acids is 2. The van der Waals surface area contributed by atoms with Crippen LogP contribution in [0.3, 0.4) is 0 Å². The van der Waals surface area contributed by atoms with Gasteiger partial charge in [0, 0.05) is 16.9 Å². The van der Waals surface area contributed by atoms with Crippen LogP contribution in [0.15, 0.2) is 71.2 Å². The minimum absolute atomic E-state index is 0.0256. The summed E-state index contributed by atoms with van der Waals surface area (Å²) in [6, 6.07) is 20.7. The number of fused-ring (bicyclic) bond motifs is 3. The van der Waals surface area contributed by atoms with E-state index in [-0.39, 0.29) is 43.5 Å². The van der Waals surface area contributed by atoms with Gasteiger partial charge in [-0.05, 0) is 40.5 Å². The summed E-state index contributed by atoms with van der Waals surface area (Å²) < 4.78 is 11.3. The molecule has 0 unspecified atom stereocenters. The summed E-state index contributed by atoms with van der Waals surface area (Å²) in [5.41, 5.74) is 4.71. The minimum atomic E-state index is -1.16. The van der Waals surface area contributed by atoms with Crippen molar-refractivity contribution in [2.75, 3.05) is 31.7 Å². The Bertz CT molecular complexity index is 1220. The van der Waals surface area contributed by atoms with Gasteiger partial charge in [-0.2, -0.15) is 0 Å². The molecule has 0 heterocycles. The second-order valence-corrected chi connectivity index (χ2v) is 8.76. The van der Waals surface area contributed by atoms with Gasteiger partial charge in [0.25, 0.3) is 0 Å². The number of amides is 2. The molecule has 0 saturated carbocycles. The van der Waals surface area contributed by atoms with E-state index in [0.29, 0.717) is 4.47 Å². The highest BCUT2D eigenvalue weighted by molar-refractivity contribution is 9.10. The molecule has 8 nitrogen and oxygen atoms in total. The second kappa shape index (κ2) is 11.2. The molecule has 1 aliphatic carbocycles. The van der Waals surface area contributed by atoms with Crippen molar-refractivity contribution in [2.45, 2.75) is 5.92 Å². The third-order valence-corrected chi connectivity index (χ3v) is 6.07. The lowest BCUT2D eigenvalue weighted by molar-refractivity contribution is -0.120. The van der Waals surface area contributed by atoms with Crippen LogP contribution in [0, 0.1) is 0 Å². The Labute approximate surface area is 210 Å². The van der Waals surface area contributed by atoms with Gasteiger partial charge in [-0.3, -0.25) is 4.79 Å². The van der Waals surface area contributed by atoms with E-state index in [9.17, 15) is 19.5 Å². The van der Waals surface area contributed by atoms with Crippen LogP contribution in [0.4, 0.5) is 10.5 Å². The van der Waals surface area contributed by atoms with Crippen LogP contribution >= 0.6 is 15.9 Å². The van der Waals surface area contributed by atoms with Gasteiger partial charge in [-0.25, -0.2) is 9.59 Å². The molecular formula is C26H23BrN2O6. The van der Waals surface area contributed by atoms with Crippen LogP contribution in [-0.4, -0.2) is 49.4 Å². The number of rotatable bonds is 9. The molecule has 3 N–H and O–H groups in total. The number of alkyl carbamates (subject to hydrolysis) is 1. The van der Waals surface area contributed by atoms with Crippen molar-refractivity contribution in [2.24, 2.45) is 0 Å². The second-order valence-electron chi connectivity index (χ2n) is 7.85. The molecule has 3 aromatic carbocycles. The summed E-state index contributed by atoms with van der Waals surface area (Å²) in [6.07, 6.45) is -0.569. The molecular weight excluding hydrogens is 516 g/mol. The lowest BCUT2D eigenvalue weighted by Gasteiger charge is -2.14. The predicted molar refractivity (Wildman–Crippen MR) is 134 cm³/mol. The molecule has 0 aromatic heterocycles. The highest BCUT2D eigenvalue weighted by Gasteiger charge is 2.28. The summed E-state index contributed by atoms with van der Waals surface area (Å²) in [5, 5.41) is 14.4. The fraction of sp³-hybridized carbons (Fsp3) is 0.192. The number of nitrogens with one attached hydrogen (secondary N) is 2. The average Bonchev–Trinajstić information content (AvgIpc) is 3.17. The molecule has 2 amide bonds. The summed E-state index contributed by atoms with van der Waals surface area (Å²) in [7, 11) is 0. The first-order valence-electron chi connectivity index (χ1n) is 10.9. The molecule has 0 aliphatic heterocycles. The van der Waals surface area contributed by atoms with Crippen LogP contribution < -0.4 is 10.6 Å². The third kappa shape index (κ3) is 5.87. The molecule has 0 bridgehead atoms. The lowest BCUT2D eigenvalue weighted by Crippen LogP contribution is -2.30. The normalized spacial score (nSPS) is 11.9. The molecule has 4 rings (SSSR count). The van der Waals surface area contributed by atoms with Gasteiger partial charge in [0.15, 0.2) is 0 Å². The van der Waals surface area contributed by atoms with Crippen molar-refractivity contribution in [3.8, 4) is 11.1 Å². The highest BCUT2D eigenvalue weighted by atomic mass is 79.9. The first-order valence-corrected chi connectivity index (χ1v) is 11.7. The molecule has 35 heavy (non-hydrogen) atoms. The zero-order valence-corrected chi connectivity index (χ0v) is 20.2. The summed E-state index contributed by atoms with van der Waals surface area (Å²) in [5.74, 6) is -1.69. The van der Waals surface area contributed by atoms with Crippen LogP contribution in [-0.2, 0) is 14.3 Å². The molecule has 1 aliphatic rings. The van der Waals surface area contributed by atoms with E-state index in [0.717, 1.165) is 22.3 Å². The summed E-state index contributed by atoms with van der Waals surface area (Å²) in [4.78, 5) is 35.6. The van der Waals surface area contributed by atoms with Gasteiger partial charge >= 0.3 is 12.1 Å². The van der Waals surface area contributed by atoms with Crippen molar-refractivity contribution in [1.82, 2.24) is 5.32 Å².